The summed E-state index contributed by atoms with van der Waals surface area (Å²) < 4.78 is 15.6. The predicted molar refractivity (Wildman–Crippen MR) is 88.4 cm³/mol. The topological polar surface area (TPSA) is 68.3 Å². The molecule has 0 radical (unpaired) electrons. The average Bonchev–Trinajstić information content (AvgIpc) is 3.01. The third kappa shape index (κ3) is 6.75. The quantitative estimate of drug-likeness (QED) is 0.482. The zero-order valence-electron chi connectivity index (χ0n) is 14.9. The molecular formula is C17H30N2O5. The van der Waals surface area contributed by atoms with Gasteiger partial charge in [0, 0.05) is 39.1 Å². The molecule has 24 heavy (non-hydrogen) atoms. The van der Waals surface area contributed by atoms with E-state index in [1.165, 1.54) is 0 Å². The third-order valence-corrected chi connectivity index (χ3v) is 4.68. The summed E-state index contributed by atoms with van der Waals surface area (Å²) >= 11 is 0. The smallest absolute Gasteiger partial charge is 0.311 e. The van der Waals surface area contributed by atoms with E-state index in [-0.39, 0.29) is 43.8 Å². The number of rotatable bonds is 8. The van der Waals surface area contributed by atoms with E-state index in [1.807, 2.05) is 0 Å². The first kappa shape index (κ1) is 19.1. The number of hydrogen-bond donors (Lipinski definition) is 0. The zero-order chi connectivity index (χ0) is 17.4. The maximum atomic E-state index is 11.7. The maximum Gasteiger partial charge on any atom is 0.311 e. The van der Waals surface area contributed by atoms with Crippen LogP contribution in [0.15, 0.2) is 0 Å². The number of esters is 2. The average molecular weight is 342 g/mol. The van der Waals surface area contributed by atoms with Crippen LogP contribution in [0.1, 0.15) is 39.0 Å². The van der Waals surface area contributed by atoms with E-state index in [2.05, 4.69) is 16.8 Å². The van der Waals surface area contributed by atoms with E-state index in [4.69, 9.17) is 14.2 Å². The van der Waals surface area contributed by atoms with Crippen LogP contribution in [-0.2, 0) is 23.8 Å². The van der Waals surface area contributed by atoms with E-state index in [0.29, 0.717) is 0 Å². The van der Waals surface area contributed by atoms with Crippen molar-refractivity contribution in [2.75, 3.05) is 46.6 Å². The molecule has 0 saturated carbocycles. The van der Waals surface area contributed by atoms with Gasteiger partial charge in [0.15, 0.2) is 0 Å². The van der Waals surface area contributed by atoms with Crippen LogP contribution in [-0.4, -0.2) is 80.5 Å². The number of likely N-dealkylation sites (N-methyl/N-ethyl adjacent to an activating group) is 1. The Balaban J connectivity index is 1.55. The molecule has 0 aromatic rings. The number of carbonyl (C=O) groups is 2. The molecule has 2 unspecified atom stereocenters. The lowest BCUT2D eigenvalue weighted by Gasteiger charge is -2.32. The first-order valence-corrected chi connectivity index (χ1v) is 8.94. The molecule has 7 nitrogen and oxygen atoms in total. The fraction of sp³-hybridized carbons (Fsp3) is 0.882. The summed E-state index contributed by atoms with van der Waals surface area (Å²) in [5, 5.41) is 0. The second-order valence-electron chi connectivity index (χ2n) is 6.60. The van der Waals surface area contributed by atoms with Crippen LogP contribution < -0.4 is 0 Å². The molecular weight excluding hydrogens is 312 g/mol. The molecule has 0 aromatic carbocycles. The van der Waals surface area contributed by atoms with Crippen molar-refractivity contribution in [2.24, 2.45) is 0 Å². The van der Waals surface area contributed by atoms with Crippen LogP contribution in [0.3, 0.4) is 0 Å². The molecule has 2 fully saturated rings. The van der Waals surface area contributed by atoms with Gasteiger partial charge in [-0.2, -0.15) is 0 Å². The molecule has 2 aliphatic heterocycles. The summed E-state index contributed by atoms with van der Waals surface area (Å²) in [5.41, 5.74) is 0. The van der Waals surface area contributed by atoms with Crippen LogP contribution in [0.2, 0.25) is 0 Å². The van der Waals surface area contributed by atoms with Gasteiger partial charge in [-0.1, -0.05) is 6.92 Å². The lowest BCUT2D eigenvalue weighted by atomic mass is 10.1. The highest BCUT2D eigenvalue weighted by Crippen LogP contribution is 2.25. The molecule has 0 spiro atoms. The molecule has 0 amide bonds. The molecule has 2 rings (SSSR count). The molecule has 0 aliphatic carbocycles. The van der Waals surface area contributed by atoms with Gasteiger partial charge in [0.2, 0.25) is 6.79 Å². The van der Waals surface area contributed by atoms with Crippen molar-refractivity contribution in [2.45, 2.75) is 51.2 Å². The Hall–Kier alpha value is -1.18. The Morgan fingerprint density at radius 3 is 2.42 bits per heavy atom. The largest absolute Gasteiger partial charge is 0.428 e. The zero-order valence-corrected chi connectivity index (χ0v) is 14.9. The van der Waals surface area contributed by atoms with Gasteiger partial charge in [0.05, 0.1) is 18.6 Å². The van der Waals surface area contributed by atoms with Gasteiger partial charge in [0.25, 0.3) is 0 Å². The molecule has 2 heterocycles. The monoisotopic (exact) mass is 342 g/mol. The van der Waals surface area contributed by atoms with Crippen molar-refractivity contribution in [1.82, 2.24) is 9.80 Å². The van der Waals surface area contributed by atoms with E-state index in [1.54, 1.807) is 6.92 Å². The Morgan fingerprint density at radius 2 is 1.71 bits per heavy atom. The number of carbonyl (C=O) groups excluding carboxylic acids is 2. The number of hydrogen-bond acceptors (Lipinski definition) is 7. The van der Waals surface area contributed by atoms with Crippen LogP contribution in [0.4, 0.5) is 0 Å². The van der Waals surface area contributed by atoms with E-state index in [9.17, 15) is 9.59 Å². The predicted octanol–water partition coefficient (Wildman–Crippen LogP) is 1.02. The fourth-order valence-electron chi connectivity index (χ4n) is 3.05. The summed E-state index contributed by atoms with van der Waals surface area (Å²) in [6.07, 6.45) is 3.57. The molecule has 2 atom stereocenters. The summed E-state index contributed by atoms with van der Waals surface area (Å²) in [5.74, 6) is -0.743. The Labute approximate surface area is 144 Å². The highest BCUT2D eigenvalue weighted by Gasteiger charge is 2.28. The van der Waals surface area contributed by atoms with Crippen molar-refractivity contribution in [3.05, 3.63) is 0 Å². The van der Waals surface area contributed by atoms with Crippen LogP contribution >= 0.6 is 0 Å². The molecule has 2 aliphatic rings. The van der Waals surface area contributed by atoms with Crippen molar-refractivity contribution in [1.29, 1.82) is 0 Å². The second-order valence-corrected chi connectivity index (χ2v) is 6.60. The van der Waals surface area contributed by atoms with E-state index >= 15 is 0 Å². The van der Waals surface area contributed by atoms with Gasteiger partial charge in [-0.3, -0.25) is 9.59 Å². The lowest BCUT2D eigenvalue weighted by molar-refractivity contribution is -0.168. The molecule has 0 bridgehead atoms. The first-order valence-electron chi connectivity index (χ1n) is 8.94. The standard InChI is InChI=1S/C17H30N2O5/c1-3-16(20)22-13-23-17(21)12-15-5-4-14(24-15)6-7-19-10-8-18(2)9-11-19/h14-15H,3-13H2,1-2H3. The lowest BCUT2D eigenvalue weighted by Crippen LogP contribution is -2.45. The van der Waals surface area contributed by atoms with Gasteiger partial charge in [-0.15, -0.1) is 0 Å². The second kappa shape index (κ2) is 9.96. The Bertz CT molecular complexity index is 410. The van der Waals surface area contributed by atoms with Gasteiger partial charge < -0.3 is 24.0 Å². The van der Waals surface area contributed by atoms with Crippen molar-refractivity contribution >= 4 is 11.9 Å². The normalized spacial score (nSPS) is 25.6. The number of nitrogens with zero attached hydrogens (tertiary/aromatic N) is 2. The van der Waals surface area contributed by atoms with Crippen molar-refractivity contribution in [3.63, 3.8) is 0 Å². The minimum Gasteiger partial charge on any atom is -0.428 e. The minimum atomic E-state index is -0.372. The Kier molecular flexibility index (Phi) is 7.94. The molecule has 7 heteroatoms. The Morgan fingerprint density at radius 1 is 1.04 bits per heavy atom. The third-order valence-electron chi connectivity index (χ3n) is 4.68. The highest BCUT2D eigenvalue weighted by molar-refractivity contribution is 5.71. The van der Waals surface area contributed by atoms with Crippen LogP contribution in [0.5, 0.6) is 0 Å². The summed E-state index contributed by atoms with van der Waals surface area (Å²) in [4.78, 5) is 27.5. The van der Waals surface area contributed by atoms with Gasteiger partial charge in [-0.05, 0) is 26.3 Å². The van der Waals surface area contributed by atoms with Crippen molar-refractivity contribution < 1.29 is 23.8 Å². The van der Waals surface area contributed by atoms with E-state index < -0.39 is 0 Å². The summed E-state index contributed by atoms with van der Waals surface area (Å²) in [6.45, 7) is 6.95. The number of piperazine rings is 1. The molecule has 2 saturated heterocycles. The van der Waals surface area contributed by atoms with Gasteiger partial charge >= 0.3 is 11.9 Å². The van der Waals surface area contributed by atoms with Gasteiger partial charge in [-0.25, -0.2) is 0 Å². The minimum absolute atomic E-state index is 0.0723. The van der Waals surface area contributed by atoms with Crippen molar-refractivity contribution in [3.8, 4) is 0 Å². The summed E-state index contributed by atoms with van der Waals surface area (Å²) in [6, 6.07) is 0. The number of ether oxygens (including phenoxy) is 3. The molecule has 0 aromatic heterocycles. The first-order chi connectivity index (χ1) is 11.6. The van der Waals surface area contributed by atoms with Crippen LogP contribution in [0.25, 0.3) is 0 Å². The summed E-state index contributed by atoms with van der Waals surface area (Å²) in [7, 11) is 2.16. The van der Waals surface area contributed by atoms with E-state index in [0.717, 1.165) is 52.0 Å². The fourth-order valence-corrected chi connectivity index (χ4v) is 3.05. The highest BCUT2D eigenvalue weighted by atomic mass is 16.7. The SMILES string of the molecule is CCC(=O)OCOC(=O)CC1CCC(CCN2CCN(C)CC2)O1. The van der Waals surface area contributed by atoms with Crippen LogP contribution in [0, 0.1) is 0 Å². The maximum absolute atomic E-state index is 11.7. The molecule has 138 valence electrons. The van der Waals surface area contributed by atoms with Gasteiger partial charge in [0.1, 0.15) is 0 Å². The molecule has 0 N–H and O–H groups in total.